The van der Waals surface area contributed by atoms with Crippen molar-refractivity contribution in [1.29, 1.82) is 0 Å². The van der Waals surface area contributed by atoms with Gasteiger partial charge < -0.3 is 15.4 Å². The van der Waals surface area contributed by atoms with E-state index in [4.69, 9.17) is 10.5 Å². The molecule has 0 aromatic heterocycles. The number of rotatable bonds is 4. The molecule has 0 saturated carbocycles. The van der Waals surface area contributed by atoms with E-state index in [0.29, 0.717) is 19.4 Å². The second kappa shape index (κ2) is 5.69. The SMILES string of the molecule is CCCC(C(=O)OC(C)(C)C)N1CC(N)CC1=O. The Labute approximate surface area is 109 Å². The highest BCUT2D eigenvalue weighted by Gasteiger charge is 2.37. The third-order valence-corrected chi connectivity index (χ3v) is 2.81. The molecule has 104 valence electrons. The van der Waals surface area contributed by atoms with Crippen molar-refractivity contribution in [3.8, 4) is 0 Å². The second-order valence-corrected chi connectivity index (χ2v) is 5.85. The Morgan fingerprint density at radius 1 is 1.56 bits per heavy atom. The Balaban J connectivity index is 2.76. The lowest BCUT2D eigenvalue weighted by molar-refractivity contribution is -0.164. The molecule has 1 amide bonds. The largest absolute Gasteiger partial charge is 0.458 e. The molecule has 5 heteroatoms. The van der Waals surface area contributed by atoms with Gasteiger partial charge in [-0.15, -0.1) is 0 Å². The van der Waals surface area contributed by atoms with Gasteiger partial charge in [-0.3, -0.25) is 4.79 Å². The van der Waals surface area contributed by atoms with Crippen LogP contribution < -0.4 is 5.73 Å². The molecule has 1 aliphatic rings. The van der Waals surface area contributed by atoms with Gasteiger partial charge in [0.05, 0.1) is 0 Å². The van der Waals surface area contributed by atoms with Crippen molar-refractivity contribution in [1.82, 2.24) is 4.90 Å². The number of ether oxygens (including phenoxy) is 1. The average Bonchev–Trinajstić information content (AvgIpc) is 2.51. The number of carbonyl (C=O) groups is 2. The number of likely N-dealkylation sites (tertiary alicyclic amines) is 1. The Morgan fingerprint density at radius 2 is 2.17 bits per heavy atom. The molecule has 0 spiro atoms. The number of carbonyl (C=O) groups excluding carboxylic acids is 2. The van der Waals surface area contributed by atoms with Crippen molar-refractivity contribution >= 4 is 11.9 Å². The monoisotopic (exact) mass is 256 g/mol. The van der Waals surface area contributed by atoms with Crippen LogP contribution in [0.1, 0.15) is 47.0 Å². The number of hydrogen-bond acceptors (Lipinski definition) is 4. The first-order chi connectivity index (χ1) is 8.24. The van der Waals surface area contributed by atoms with E-state index in [1.165, 1.54) is 0 Å². The number of nitrogens with two attached hydrogens (primary N) is 1. The van der Waals surface area contributed by atoms with Crippen LogP contribution in [0.4, 0.5) is 0 Å². The van der Waals surface area contributed by atoms with Crippen LogP contribution in [0.15, 0.2) is 0 Å². The van der Waals surface area contributed by atoms with Gasteiger partial charge in [-0.05, 0) is 27.2 Å². The topological polar surface area (TPSA) is 72.6 Å². The van der Waals surface area contributed by atoms with Gasteiger partial charge in [-0.1, -0.05) is 13.3 Å². The standard InChI is InChI=1S/C13H24N2O3/c1-5-6-10(12(17)18-13(2,3)4)15-8-9(14)7-11(15)16/h9-10H,5-8,14H2,1-4H3. The molecule has 1 rings (SSSR count). The molecule has 2 unspecified atom stereocenters. The van der Waals surface area contributed by atoms with Gasteiger partial charge in [-0.25, -0.2) is 4.79 Å². The van der Waals surface area contributed by atoms with Gasteiger partial charge in [-0.2, -0.15) is 0 Å². The van der Waals surface area contributed by atoms with E-state index in [0.717, 1.165) is 6.42 Å². The molecular formula is C13H24N2O3. The molecule has 5 nitrogen and oxygen atoms in total. The fourth-order valence-electron chi connectivity index (χ4n) is 2.11. The fraction of sp³-hybridized carbons (Fsp3) is 0.846. The first kappa shape index (κ1) is 15.0. The first-order valence-corrected chi connectivity index (χ1v) is 6.52. The molecular weight excluding hydrogens is 232 g/mol. The van der Waals surface area contributed by atoms with E-state index in [-0.39, 0.29) is 17.9 Å². The number of nitrogens with zero attached hydrogens (tertiary/aromatic N) is 1. The van der Waals surface area contributed by atoms with Gasteiger partial charge in [0.2, 0.25) is 5.91 Å². The van der Waals surface area contributed by atoms with Crippen LogP contribution >= 0.6 is 0 Å². The fourth-order valence-corrected chi connectivity index (χ4v) is 2.11. The lowest BCUT2D eigenvalue weighted by atomic mass is 10.1. The molecule has 2 atom stereocenters. The zero-order chi connectivity index (χ0) is 13.9. The molecule has 0 aliphatic carbocycles. The third-order valence-electron chi connectivity index (χ3n) is 2.81. The van der Waals surface area contributed by atoms with Crippen molar-refractivity contribution in [3.63, 3.8) is 0 Å². The zero-order valence-corrected chi connectivity index (χ0v) is 11.7. The van der Waals surface area contributed by atoms with Crippen molar-refractivity contribution in [2.24, 2.45) is 5.73 Å². The molecule has 1 fully saturated rings. The third kappa shape index (κ3) is 3.98. The minimum atomic E-state index is -0.534. The predicted octanol–water partition coefficient (Wildman–Crippen LogP) is 1.06. The summed E-state index contributed by atoms with van der Waals surface area (Å²) in [6.45, 7) is 7.91. The van der Waals surface area contributed by atoms with Gasteiger partial charge >= 0.3 is 5.97 Å². The summed E-state index contributed by atoms with van der Waals surface area (Å²) in [5, 5.41) is 0. The molecule has 1 saturated heterocycles. The Kier molecular flexibility index (Phi) is 4.73. The minimum absolute atomic E-state index is 0.0493. The van der Waals surface area contributed by atoms with Gasteiger partial charge in [0.1, 0.15) is 11.6 Å². The number of hydrogen-bond donors (Lipinski definition) is 1. The summed E-state index contributed by atoms with van der Waals surface area (Å²) in [5.41, 5.74) is 5.23. The normalized spacial score (nSPS) is 22.2. The van der Waals surface area contributed by atoms with Crippen LogP contribution in [0.25, 0.3) is 0 Å². The summed E-state index contributed by atoms with van der Waals surface area (Å²) in [6, 6.07) is -0.658. The van der Waals surface area contributed by atoms with Crippen LogP contribution in [-0.2, 0) is 14.3 Å². The summed E-state index contributed by atoms with van der Waals surface area (Å²) in [7, 11) is 0. The molecule has 0 aromatic carbocycles. The highest BCUT2D eigenvalue weighted by atomic mass is 16.6. The Bertz CT molecular complexity index is 323. The van der Waals surface area contributed by atoms with E-state index in [9.17, 15) is 9.59 Å². The summed E-state index contributed by atoms with van der Waals surface area (Å²) in [5.74, 6) is -0.376. The van der Waals surface area contributed by atoms with Crippen molar-refractivity contribution in [3.05, 3.63) is 0 Å². The highest BCUT2D eigenvalue weighted by molar-refractivity contribution is 5.86. The maximum absolute atomic E-state index is 12.1. The smallest absolute Gasteiger partial charge is 0.329 e. The van der Waals surface area contributed by atoms with E-state index < -0.39 is 11.6 Å². The van der Waals surface area contributed by atoms with E-state index >= 15 is 0 Å². The van der Waals surface area contributed by atoms with Gasteiger partial charge in [0.15, 0.2) is 0 Å². The van der Waals surface area contributed by atoms with Gasteiger partial charge in [0, 0.05) is 19.0 Å². The Morgan fingerprint density at radius 3 is 2.56 bits per heavy atom. The van der Waals surface area contributed by atoms with Gasteiger partial charge in [0.25, 0.3) is 0 Å². The molecule has 0 bridgehead atoms. The van der Waals surface area contributed by atoms with Crippen LogP contribution in [0.2, 0.25) is 0 Å². The average molecular weight is 256 g/mol. The molecule has 0 aromatic rings. The van der Waals surface area contributed by atoms with Crippen molar-refractivity contribution in [2.45, 2.75) is 64.6 Å². The molecule has 18 heavy (non-hydrogen) atoms. The summed E-state index contributed by atoms with van der Waals surface area (Å²) < 4.78 is 5.37. The van der Waals surface area contributed by atoms with Crippen LogP contribution in [0.3, 0.4) is 0 Å². The van der Waals surface area contributed by atoms with Crippen molar-refractivity contribution in [2.75, 3.05) is 6.54 Å². The summed E-state index contributed by atoms with van der Waals surface area (Å²) in [6.07, 6.45) is 1.76. The number of amides is 1. The second-order valence-electron chi connectivity index (χ2n) is 5.85. The van der Waals surface area contributed by atoms with Crippen LogP contribution in [0.5, 0.6) is 0 Å². The summed E-state index contributed by atoms with van der Waals surface area (Å²) >= 11 is 0. The van der Waals surface area contributed by atoms with Crippen LogP contribution in [0, 0.1) is 0 Å². The lowest BCUT2D eigenvalue weighted by Gasteiger charge is -2.29. The van der Waals surface area contributed by atoms with E-state index in [1.807, 2.05) is 27.7 Å². The number of esters is 1. The highest BCUT2D eigenvalue weighted by Crippen LogP contribution is 2.20. The molecule has 0 radical (unpaired) electrons. The first-order valence-electron chi connectivity index (χ1n) is 6.52. The maximum Gasteiger partial charge on any atom is 0.329 e. The summed E-state index contributed by atoms with van der Waals surface area (Å²) in [4.78, 5) is 25.5. The maximum atomic E-state index is 12.1. The predicted molar refractivity (Wildman–Crippen MR) is 68.8 cm³/mol. The molecule has 2 N–H and O–H groups in total. The minimum Gasteiger partial charge on any atom is -0.458 e. The lowest BCUT2D eigenvalue weighted by Crippen LogP contribution is -2.45. The molecule has 1 aliphatic heterocycles. The quantitative estimate of drug-likeness (QED) is 0.763. The van der Waals surface area contributed by atoms with Crippen molar-refractivity contribution < 1.29 is 14.3 Å². The van der Waals surface area contributed by atoms with E-state index in [1.54, 1.807) is 4.90 Å². The van der Waals surface area contributed by atoms with Crippen LogP contribution in [-0.4, -0.2) is 41.0 Å². The Hall–Kier alpha value is -1.10. The van der Waals surface area contributed by atoms with E-state index in [2.05, 4.69) is 0 Å². The zero-order valence-electron chi connectivity index (χ0n) is 11.7. The molecule has 1 heterocycles.